The SMILES string of the molecule is Cc1c(Cl)cnn1CC(F)F. The second kappa shape index (κ2) is 3.17. The summed E-state index contributed by atoms with van der Waals surface area (Å²) >= 11 is 5.58. The van der Waals surface area contributed by atoms with Crippen LogP contribution in [0.4, 0.5) is 8.78 Å². The van der Waals surface area contributed by atoms with Gasteiger partial charge in [0.25, 0.3) is 6.43 Å². The topological polar surface area (TPSA) is 17.8 Å². The molecule has 5 heteroatoms. The van der Waals surface area contributed by atoms with E-state index in [2.05, 4.69) is 5.10 Å². The Morgan fingerprint density at radius 2 is 2.36 bits per heavy atom. The van der Waals surface area contributed by atoms with Gasteiger partial charge in [0.1, 0.15) is 6.54 Å². The van der Waals surface area contributed by atoms with Crippen LogP contribution in [0.5, 0.6) is 0 Å². The number of hydrogen-bond acceptors (Lipinski definition) is 1. The van der Waals surface area contributed by atoms with E-state index in [9.17, 15) is 8.78 Å². The molecule has 0 spiro atoms. The van der Waals surface area contributed by atoms with Crippen molar-refractivity contribution in [2.45, 2.75) is 19.9 Å². The Labute approximate surface area is 67.8 Å². The lowest BCUT2D eigenvalue weighted by Gasteiger charge is -2.01. The summed E-state index contributed by atoms with van der Waals surface area (Å²) in [6.45, 7) is 1.26. The molecule has 1 aromatic rings. The van der Waals surface area contributed by atoms with E-state index in [1.807, 2.05) is 0 Å². The average molecular weight is 181 g/mol. The van der Waals surface area contributed by atoms with Crippen LogP contribution >= 0.6 is 11.6 Å². The zero-order chi connectivity index (χ0) is 8.43. The van der Waals surface area contributed by atoms with Crippen molar-refractivity contribution in [1.82, 2.24) is 9.78 Å². The Kier molecular flexibility index (Phi) is 2.44. The summed E-state index contributed by atoms with van der Waals surface area (Å²) in [6.07, 6.45) is -1.02. The second-order valence-electron chi connectivity index (χ2n) is 2.15. The summed E-state index contributed by atoms with van der Waals surface area (Å²) in [7, 11) is 0. The van der Waals surface area contributed by atoms with Gasteiger partial charge in [-0.25, -0.2) is 8.78 Å². The molecule has 0 fully saturated rings. The van der Waals surface area contributed by atoms with Crippen LogP contribution in [0, 0.1) is 6.92 Å². The zero-order valence-electron chi connectivity index (χ0n) is 5.89. The van der Waals surface area contributed by atoms with Crippen molar-refractivity contribution >= 4 is 11.6 Å². The zero-order valence-corrected chi connectivity index (χ0v) is 6.65. The molecule has 1 rings (SSSR count). The minimum Gasteiger partial charge on any atom is -0.263 e. The first-order chi connectivity index (χ1) is 5.11. The molecule has 0 bridgehead atoms. The number of nitrogens with zero attached hydrogens (tertiary/aromatic N) is 2. The number of aromatic nitrogens is 2. The summed E-state index contributed by atoms with van der Waals surface area (Å²) in [5.74, 6) is 0. The highest BCUT2D eigenvalue weighted by Crippen LogP contribution is 2.13. The van der Waals surface area contributed by atoms with Gasteiger partial charge in [-0.1, -0.05) is 11.6 Å². The minimum atomic E-state index is -2.38. The van der Waals surface area contributed by atoms with Crippen molar-refractivity contribution in [2.24, 2.45) is 0 Å². The Bertz CT molecular complexity index is 247. The third-order valence-electron chi connectivity index (χ3n) is 1.35. The molecule has 0 amide bonds. The van der Waals surface area contributed by atoms with Gasteiger partial charge < -0.3 is 0 Å². The lowest BCUT2D eigenvalue weighted by molar-refractivity contribution is 0.121. The minimum absolute atomic E-state index is 0.390. The third-order valence-corrected chi connectivity index (χ3v) is 1.73. The molecular weight excluding hydrogens is 174 g/mol. The molecule has 0 radical (unpaired) electrons. The van der Waals surface area contributed by atoms with Crippen molar-refractivity contribution in [3.8, 4) is 0 Å². The Balaban J connectivity index is 2.79. The number of hydrogen-bond donors (Lipinski definition) is 0. The Morgan fingerprint density at radius 3 is 2.73 bits per heavy atom. The predicted molar refractivity (Wildman–Crippen MR) is 38.0 cm³/mol. The highest BCUT2D eigenvalue weighted by atomic mass is 35.5. The summed E-state index contributed by atoms with van der Waals surface area (Å²) < 4.78 is 24.8. The van der Waals surface area contributed by atoms with E-state index in [4.69, 9.17) is 11.6 Å². The summed E-state index contributed by atoms with van der Waals surface area (Å²) in [6, 6.07) is 0. The number of rotatable bonds is 2. The van der Waals surface area contributed by atoms with Gasteiger partial charge in [0.15, 0.2) is 0 Å². The molecule has 1 aromatic heterocycles. The summed E-state index contributed by atoms with van der Waals surface area (Å²) in [5.41, 5.74) is 0.576. The lowest BCUT2D eigenvalue weighted by atomic mass is 10.5. The largest absolute Gasteiger partial charge is 0.263 e. The van der Waals surface area contributed by atoms with Gasteiger partial charge in [-0.2, -0.15) is 5.10 Å². The van der Waals surface area contributed by atoms with Gasteiger partial charge in [0.05, 0.1) is 16.9 Å². The Hall–Kier alpha value is -0.640. The van der Waals surface area contributed by atoms with E-state index >= 15 is 0 Å². The van der Waals surface area contributed by atoms with E-state index in [0.717, 1.165) is 0 Å². The molecule has 0 N–H and O–H groups in total. The van der Waals surface area contributed by atoms with Crippen LogP contribution in [-0.4, -0.2) is 16.2 Å². The van der Waals surface area contributed by atoms with Gasteiger partial charge in [0, 0.05) is 0 Å². The first kappa shape index (κ1) is 8.46. The Morgan fingerprint density at radius 1 is 1.73 bits per heavy atom. The first-order valence-corrected chi connectivity index (χ1v) is 3.45. The second-order valence-corrected chi connectivity index (χ2v) is 2.56. The van der Waals surface area contributed by atoms with Crippen LogP contribution < -0.4 is 0 Å². The fourth-order valence-electron chi connectivity index (χ4n) is 0.738. The van der Waals surface area contributed by atoms with E-state index in [1.54, 1.807) is 6.92 Å². The molecule has 0 atom stereocenters. The average Bonchev–Trinajstić information content (AvgIpc) is 2.18. The quantitative estimate of drug-likeness (QED) is 0.682. The van der Waals surface area contributed by atoms with E-state index in [1.165, 1.54) is 10.9 Å². The number of alkyl halides is 2. The molecule has 0 aromatic carbocycles. The fraction of sp³-hybridized carbons (Fsp3) is 0.500. The maximum atomic E-state index is 11.8. The molecule has 2 nitrogen and oxygen atoms in total. The van der Waals surface area contributed by atoms with E-state index in [0.29, 0.717) is 10.7 Å². The van der Waals surface area contributed by atoms with E-state index < -0.39 is 13.0 Å². The van der Waals surface area contributed by atoms with Gasteiger partial charge in [-0.05, 0) is 6.92 Å². The molecular formula is C6H7ClF2N2. The highest BCUT2D eigenvalue weighted by molar-refractivity contribution is 6.31. The van der Waals surface area contributed by atoms with Crippen molar-refractivity contribution in [2.75, 3.05) is 0 Å². The molecule has 0 unspecified atom stereocenters. The molecule has 11 heavy (non-hydrogen) atoms. The van der Waals surface area contributed by atoms with Crippen LogP contribution in [-0.2, 0) is 6.54 Å². The van der Waals surface area contributed by atoms with Crippen LogP contribution in [0.25, 0.3) is 0 Å². The molecule has 0 aliphatic heterocycles. The van der Waals surface area contributed by atoms with Crippen LogP contribution in [0.3, 0.4) is 0 Å². The summed E-state index contributed by atoms with van der Waals surface area (Å²) in [4.78, 5) is 0. The molecule has 1 heterocycles. The molecule has 0 aliphatic carbocycles. The molecule has 0 aliphatic rings. The molecule has 0 saturated carbocycles. The van der Waals surface area contributed by atoms with Crippen LogP contribution in [0.15, 0.2) is 6.20 Å². The number of halogens is 3. The summed E-state index contributed by atoms with van der Waals surface area (Å²) in [5, 5.41) is 4.08. The predicted octanol–water partition coefficient (Wildman–Crippen LogP) is 2.11. The lowest BCUT2D eigenvalue weighted by Crippen LogP contribution is -2.09. The van der Waals surface area contributed by atoms with Crippen LogP contribution in [0.2, 0.25) is 5.02 Å². The van der Waals surface area contributed by atoms with Crippen molar-refractivity contribution in [3.05, 3.63) is 16.9 Å². The molecule has 0 saturated heterocycles. The van der Waals surface area contributed by atoms with Gasteiger partial charge in [-0.15, -0.1) is 0 Å². The standard InChI is InChI=1S/C6H7ClF2N2/c1-4-5(7)2-10-11(4)3-6(8)9/h2,6H,3H2,1H3. The fourth-order valence-corrected chi connectivity index (χ4v) is 0.880. The monoisotopic (exact) mass is 180 g/mol. The normalized spacial score (nSPS) is 11.0. The first-order valence-electron chi connectivity index (χ1n) is 3.07. The third kappa shape index (κ3) is 1.89. The van der Waals surface area contributed by atoms with Crippen molar-refractivity contribution < 1.29 is 8.78 Å². The highest BCUT2D eigenvalue weighted by Gasteiger charge is 2.08. The van der Waals surface area contributed by atoms with Crippen molar-refractivity contribution in [3.63, 3.8) is 0 Å². The molecule has 62 valence electrons. The van der Waals surface area contributed by atoms with Gasteiger partial charge in [-0.3, -0.25) is 4.68 Å². The van der Waals surface area contributed by atoms with E-state index in [-0.39, 0.29) is 0 Å². The van der Waals surface area contributed by atoms with Crippen molar-refractivity contribution in [1.29, 1.82) is 0 Å². The van der Waals surface area contributed by atoms with Gasteiger partial charge in [0.2, 0.25) is 0 Å². The van der Waals surface area contributed by atoms with Gasteiger partial charge >= 0.3 is 0 Å². The smallest absolute Gasteiger partial charge is 0.257 e. The maximum Gasteiger partial charge on any atom is 0.257 e. The maximum absolute atomic E-state index is 11.8. The van der Waals surface area contributed by atoms with Crippen LogP contribution in [0.1, 0.15) is 5.69 Å².